The molecule has 0 aliphatic heterocycles. The summed E-state index contributed by atoms with van der Waals surface area (Å²) in [4.78, 5) is 10.5. The van der Waals surface area contributed by atoms with Gasteiger partial charge in [-0.15, -0.1) is 0 Å². The first-order valence-corrected chi connectivity index (χ1v) is 5.63. The molecule has 0 atom stereocenters. The van der Waals surface area contributed by atoms with Crippen LogP contribution in [0.15, 0.2) is 42.5 Å². The number of nitro groups is 1. The molecule has 94 valence electrons. The van der Waals surface area contributed by atoms with Crippen molar-refractivity contribution in [3.63, 3.8) is 0 Å². The van der Waals surface area contributed by atoms with Crippen LogP contribution in [0.2, 0.25) is 0 Å². The average Bonchev–Trinajstić information content (AvgIpc) is 2.41. The lowest BCUT2D eigenvalue weighted by Gasteiger charge is -2.08. The summed E-state index contributed by atoms with van der Waals surface area (Å²) in [7, 11) is 0. The molecule has 0 spiro atoms. The van der Waals surface area contributed by atoms with Gasteiger partial charge in [0.2, 0.25) is 0 Å². The molecule has 0 amide bonds. The molecule has 0 heterocycles. The van der Waals surface area contributed by atoms with Gasteiger partial charge in [-0.1, -0.05) is 23.8 Å². The second kappa shape index (κ2) is 5.19. The van der Waals surface area contributed by atoms with Crippen LogP contribution in [0.5, 0.6) is 0 Å². The van der Waals surface area contributed by atoms with Crippen molar-refractivity contribution in [3.8, 4) is 6.07 Å². The van der Waals surface area contributed by atoms with E-state index in [1.807, 2.05) is 37.3 Å². The molecule has 19 heavy (non-hydrogen) atoms. The van der Waals surface area contributed by atoms with Crippen molar-refractivity contribution in [1.82, 2.24) is 0 Å². The molecular formula is C14H11N3O2. The first kappa shape index (κ1) is 12.6. The van der Waals surface area contributed by atoms with Crippen LogP contribution < -0.4 is 5.32 Å². The minimum absolute atomic E-state index is 0.111. The fourth-order valence-corrected chi connectivity index (χ4v) is 1.70. The van der Waals surface area contributed by atoms with Gasteiger partial charge in [-0.2, -0.15) is 5.26 Å². The van der Waals surface area contributed by atoms with E-state index in [-0.39, 0.29) is 16.9 Å². The molecular weight excluding hydrogens is 242 g/mol. The van der Waals surface area contributed by atoms with E-state index in [0.717, 1.165) is 5.56 Å². The van der Waals surface area contributed by atoms with Crippen LogP contribution in [0.4, 0.5) is 17.1 Å². The Morgan fingerprint density at radius 2 is 1.89 bits per heavy atom. The standard InChI is InChI=1S/C14H11N3O2/c1-10-5-7-12(8-6-10)16-14-11(9-15)3-2-4-13(14)17(18)19/h2-8,16H,1H3. The summed E-state index contributed by atoms with van der Waals surface area (Å²) in [6.07, 6.45) is 0. The molecule has 0 radical (unpaired) electrons. The van der Waals surface area contributed by atoms with Gasteiger partial charge in [-0.25, -0.2) is 0 Å². The highest BCUT2D eigenvalue weighted by Gasteiger charge is 2.17. The van der Waals surface area contributed by atoms with Crippen molar-refractivity contribution >= 4 is 17.1 Å². The predicted octanol–water partition coefficient (Wildman–Crippen LogP) is 3.52. The number of anilines is 2. The third-order valence-electron chi connectivity index (χ3n) is 2.68. The second-order valence-electron chi connectivity index (χ2n) is 4.06. The van der Waals surface area contributed by atoms with E-state index < -0.39 is 4.92 Å². The highest BCUT2D eigenvalue weighted by Crippen LogP contribution is 2.30. The third-order valence-corrected chi connectivity index (χ3v) is 2.68. The molecule has 0 fully saturated rings. The van der Waals surface area contributed by atoms with Crippen LogP contribution >= 0.6 is 0 Å². The number of hydrogen-bond acceptors (Lipinski definition) is 4. The number of nitro benzene ring substituents is 1. The number of para-hydroxylation sites is 1. The van der Waals surface area contributed by atoms with Gasteiger partial charge in [0.25, 0.3) is 5.69 Å². The van der Waals surface area contributed by atoms with Crippen LogP contribution in [0.3, 0.4) is 0 Å². The Bertz CT molecular complexity index is 657. The Labute approximate surface area is 110 Å². The summed E-state index contributed by atoms with van der Waals surface area (Å²) in [5.41, 5.74) is 2.15. The smallest absolute Gasteiger partial charge is 0.294 e. The molecule has 0 bridgehead atoms. The maximum Gasteiger partial charge on any atom is 0.294 e. The molecule has 2 aromatic rings. The first-order valence-electron chi connectivity index (χ1n) is 5.63. The molecule has 0 saturated heterocycles. The zero-order valence-electron chi connectivity index (χ0n) is 10.3. The lowest BCUT2D eigenvalue weighted by Crippen LogP contribution is -1.99. The quantitative estimate of drug-likeness (QED) is 0.670. The van der Waals surface area contributed by atoms with Crippen molar-refractivity contribution in [1.29, 1.82) is 5.26 Å². The molecule has 1 N–H and O–H groups in total. The normalized spacial score (nSPS) is 9.68. The predicted molar refractivity (Wildman–Crippen MR) is 72.3 cm³/mol. The van der Waals surface area contributed by atoms with Crippen molar-refractivity contribution in [2.24, 2.45) is 0 Å². The van der Waals surface area contributed by atoms with Gasteiger partial charge in [0.05, 0.1) is 10.5 Å². The van der Waals surface area contributed by atoms with Crippen molar-refractivity contribution < 1.29 is 4.92 Å². The van der Waals surface area contributed by atoms with Gasteiger partial charge in [0.1, 0.15) is 11.8 Å². The highest BCUT2D eigenvalue weighted by molar-refractivity contribution is 5.75. The number of aryl methyl sites for hydroxylation is 1. The summed E-state index contributed by atoms with van der Waals surface area (Å²) < 4.78 is 0. The monoisotopic (exact) mass is 253 g/mol. The maximum atomic E-state index is 11.0. The SMILES string of the molecule is Cc1ccc(Nc2c(C#N)cccc2[N+](=O)[O-])cc1. The fourth-order valence-electron chi connectivity index (χ4n) is 1.70. The zero-order valence-corrected chi connectivity index (χ0v) is 10.3. The van der Waals surface area contributed by atoms with Crippen molar-refractivity contribution in [3.05, 3.63) is 63.7 Å². The van der Waals surface area contributed by atoms with Crippen LogP contribution in [0.25, 0.3) is 0 Å². The summed E-state index contributed by atoms with van der Waals surface area (Å²) in [6.45, 7) is 1.95. The fraction of sp³-hybridized carbons (Fsp3) is 0.0714. The number of nitriles is 1. The number of rotatable bonds is 3. The van der Waals surface area contributed by atoms with Gasteiger partial charge in [-0.05, 0) is 25.1 Å². The van der Waals surface area contributed by atoms with Gasteiger partial charge in [0.15, 0.2) is 0 Å². The van der Waals surface area contributed by atoms with E-state index in [9.17, 15) is 10.1 Å². The van der Waals surface area contributed by atoms with E-state index in [4.69, 9.17) is 5.26 Å². The Kier molecular flexibility index (Phi) is 3.44. The summed E-state index contributed by atoms with van der Waals surface area (Å²) in [5.74, 6) is 0. The van der Waals surface area contributed by atoms with Crippen LogP contribution in [-0.2, 0) is 0 Å². The van der Waals surface area contributed by atoms with E-state index in [2.05, 4.69) is 5.32 Å². The molecule has 0 aromatic heterocycles. The summed E-state index contributed by atoms with van der Waals surface area (Å²) in [5, 5.41) is 23.0. The van der Waals surface area contributed by atoms with Gasteiger partial charge >= 0.3 is 0 Å². The second-order valence-corrected chi connectivity index (χ2v) is 4.06. The molecule has 0 saturated carbocycles. The molecule has 0 unspecified atom stereocenters. The maximum absolute atomic E-state index is 11.0. The lowest BCUT2D eigenvalue weighted by atomic mass is 10.1. The van der Waals surface area contributed by atoms with E-state index in [1.165, 1.54) is 12.1 Å². The molecule has 2 aromatic carbocycles. The summed E-state index contributed by atoms with van der Waals surface area (Å²) in [6, 6.07) is 13.8. The Morgan fingerprint density at radius 1 is 1.21 bits per heavy atom. The first-order chi connectivity index (χ1) is 9.11. The lowest BCUT2D eigenvalue weighted by molar-refractivity contribution is -0.383. The number of benzene rings is 2. The molecule has 2 rings (SSSR count). The Hall–Kier alpha value is -2.87. The van der Waals surface area contributed by atoms with E-state index >= 15 is 0 Å². The minimum atomic E-state index is -0.503. The zero-order chi connectivity index (χ0) is 13.8. The topological polar surface area (TPSA) is 79.0 Å². The van der Waals surface area contributed by atoms with Crippen molar-refractivity contribution in [2.75, 3.05) is 5.32 Å². The molecule has 0 aliphatic carbocycles. The minimum Gasteiger partial charge on any atom is -0.349 e. The molecule has 5 heteroatoms. The Morgan fingerprint density at radius 3 is 2.47 bits per heavy atom. The van der Waals surface area contributed by atoms with Crippen molar-refractivity contribution in [2.45, 2.75) is 6.92 Å². The van der Waals surface area contributed by atoms with Crippen LogP contribution in [0.1, 0.15) is 11.1 Å². The molecule has 5 nitrogen and oxygen atoms in total. The highest BCUT2D eigenvalue weighted by atomic mass is 16.6. The van der Waals surface area contributed by atoms with E-state index in [1.54, 1.807) is 6.07 Å². The number of nitrogens with one attached hydrogen (secondary N) is 1. The van der Waals surface area contributed by atoms with E-state index in [0.29, 0.717) is 5.69 Å². The van der Waals surface area contributed by atoms with Gasteiger partial charge in [0, 0.05) is 11.8 Å². The van der Waals surface area contributed by atoms with Gasteiger partial charge < -0.3 is 5.32 Å². The molecule has 0 aliphatic rings. The number of hydrogen-bond donors (Lipinski definition) is 1. The van der Waals surface area contributed by atoms with Gasteiger partial charge in [-0.3, -0.25) is 10.1 Å². The average molecular weight is 253 g/mol. The largest absolute Gasteiger partial charge is 0.349 e. The Balaban J connectivity index is 2.46. The van der Waals surface area contributed by atoms with Crippen LogP contribution in [-0.4, -0.2) is 4.92 Å². The third kappa shape index (κ3) is 2.69. The number of nitrogens with zero attached hydrogens (tertiary/aromatic N) is 2. The summed E-state index contributed by atoms with van der Waals surface area (Å²) >= 11 is 0. The van der Waals surface area contributed by atoms with Crippen LogP contribution in [0, 0.1) is 28.4 Å².